The van der Waals surface area contributed by atoms with Crippen molar-refractivity contribution in [2.24, 2.45) is 5.73 Å². The van der Waals surface area contributed by atoms with Crippen LogP contribution in [0.2, 0.25) is 0 Å². The van der Waals surface area contributed by atoms with Crippen molar-refractivity contribution in [3.05, 3.63) is 22.6 Å². The molecule has 0 bridgehead atoms. The van der Waals surface area contributed by atoms with Crippen molar-refractivity contribution in [2.75, 3.05) is 0 Å². The van der Waals surface area contributed by atoms with Crippen molar-refractivity contribution in [2.45, 2.75) is 52.3 Å². The monoisotopic (exact) mass is 249 g/mol. The quantitative estimate of drug-likeness (QED) is 0.877. The zero-order chi connectivity index (χ0) is 13.2. The number of furan rings is 1. The third-order valence-electron chi connectivity index (χ3n) is 2.96. The van der Waals surface area contributed by atoms with Crippen LogP contribution in [-0.2, 0) is 0 Å². The summed E-state index contributed by atoms with van der Waals surface area (Å²) in [5.74, 6) is 1.49. The summed E-state index contributed by atoms with van der Waals surface area (Å²) < 4.78 is 41.4. The van der Waals surface area contributed by atoms with Crippen LogP contribution in [-0.4, -0.2) is 6.18 Å². The second-order valence-corrected chi connectivity index (χ2v) is 4.37. The van der Waals surface area contributed by atoms with E-state index in [-0.39, 0.29) is 12.5 Å². The van der Waals surface area contributed by atoms with Gasteiger partial charge in [-0.2, -0.15) is 13.2 Å². The van der Waals surface area contributed by atoms with Gasteiger partial charge in [0.2, 0.25) is 0 Å². The van der Waals surface area contributed by atoms with Crippen molar-refractivity contribution in [3.63, 3.8) is 0 Å². The first-order valence-corrected chi connectivity index (χ1v) is 5.61. The average molecular weight is 249 g/mol. The highest BCUT2D eigenvalue weighted by Crippen LogP contribution is 2.30. The Morgan fingerprint density at radius 2 is 1.76 bits per heavy atom. The van der Waals surface area contributed by atoms with Crippen molar-refractivity contribution in [1.29, 1.82) is 0 Å². The minimum Gasteiger partial charge on any atom is -0.466 e. The van der Waals surface area contributed by atoms with Gasteiger partial charge in [0, 0.05) is 18.0 Å². The first kappa shape index (κ1) is 14.1. The van der Waals surface area contributed by atoms with Crippen molar-refractivity contribution in [1.82, 2.24) is 0 Å². The minimum absolute atomic E-state index is 0.0494. The maximum Gasteiger partial charge on any atom is 0.389 e. The molecule has 0 spiro atoms. The molecule has 0 radical (unpaired) electrons. The molecule has 0 fully saturated rings. The van der Waals surface area contributed by atoms with Gasteiger partial charge in [0.15, 0.2) is 0 Å². The van der Waals surface area contributed by atoms with Crippen LogP contribution in [0.3, 0.4) is 0 Å². The highest BCUT2D eigenvalue weighted by molar-refractivity contribution is 5.33. The predicted molar refractivity (Wildman–Crippen MR) is 59.8 cm³/mol. The van der Waals surface area contributed by atoms with E-state index in [4.69, 9.17) is 10.2 Å². The molecule has 0 aromatic carbocycles. The number of hydrogen-bond acceptors (Lipinski definition) is 2. The molecule has 1 aromatic heterocycles. The maximum absolute atomic E-state index is 12.0. The molecule has 1 unspecified atom stereocenters. The lowest BCUT2D eigenvalue weighted by molar-refractivity contribution is -0.135. The van der Waals surface area contributed by atoms with E-state index in [2.05, 4.69) is 0 Å². The Hall–Kier alpha value is -0.970. The predicted octanol–water partition coefficient (Wildman–Crippen LogP) is 3.94. The van der Waals surface area contributed by atoms with E-state index in [9.17, 15) is 13.2 Å². The molecule has 17 heavy (non-hydrogen) atoms. The Morgan fingerprint density at radius 1 is 1.18 bits per heavy atom. The zero-order valence-corrected chi connectivity index (χ0v) is 10.3. The molecule has 0 amide bonds. The van der Waals surface area contributed by atoms with Crippen molar-refractivity contribution < 1.29 is 17.6 Å². The normalized spacial score (nSPS) is 14.1. The molecule has 1 rings (SSSR count). The van der Waals surface area contributed by atoms with Crippen LogP contribution in [0.5, 0.6) is 0 Å². The highest BCUT2D eigenvalue weighted by atomic mass is 19.4. The van der Waals surface area contributed by atoms with Crippen LogP contribution in [0.25, 0.3) is 0 Å². The summed E-state index contributed by atoms with van der Waals surface area (Å²) in [5, 5.41) is 0. The second kappa shape index (κ2) is 5.12. The summed E-state index contributed by atoms with van der Waals surface area (Å²) in [6, 6.07) is -0.380. The topological polar surface area (TPSA) is 39.2 Å². The van der Waals surface area contributed by atoms with Gasteiger partial charge in [0.25, 0.3) is 0 Å². The van der Waals surface area contributed by atoms with Gasteiger partial charge in [0.05, 0.1) is 0 Å². The van der Waals surface area contributed by atoms with Crippen LogP contribution >= 0.6 is 0 Å². The van der Waals surface area contributed by atoms with Gasteiger partial charge in [-0.1, -0.05) is 0 Å². The second-order valence-electron chi connectivity index (χ2n) is 4.37. The third-order valence-corrected chi connectivity index (χ3v) is 2.96. The van der Waals surface area contributed by atoms with Crippen LogP contribution < -0.4 is 5.73 Å². The number of nitrogens with two attached hydrogens (primary N) is 1. The molecule has 5 heteroatoms. The van der Waals surface area contributed by atoms with Gasteiger partial charge in [-0.05, 0) is 39.2 Å². The molecule has 1 heterocycles. The third kappa shape index (κ3) is 3.77. The Bertz CT molecular complexity index is 382. The lowest BCUT2D eigenvalue weighted by atomic mass is 9.98. The van der Waals surface area contributed by atoms with E-state index in [0.717, 1.165) is 16.9 Å². The van der Waals surface area contributed by atoms with Gasteiger partial charge >= 0.3 is 6.18 Å². The number of aryl methyl sites for hydroxylation is 2. The van der Waals surface area contributed by atoms with E-state index in [0.29, 0.717) is 12.2 Å². The molecule has 0 aliphatic carbocycles. The molecule has 0 saturated heterocycles. The first-order chi connectivity index (χ1) is 7.72. The zero-order valence-electron chi connectivity index (χ0n) is 10.3. The van der Waals surface area contributed by atoms with Crippen molar-refractivity contribution >= 4 is 0 Å². The molecule has 0 aliphatic rings. The Kier molecular flexibility index (Phi) is 4.25. The van der Waals surface area contributed by atoms with E-state index < -0.39 is 12.6 Å². The van der Waals surface area contributed by atoms with Gasteiger partial charge in [-0.15, -0.1) is 0 Å². The summed E-state index contributed by atoms with van der Waals surface area (Å²) in [6.07, 6.45) is -4.51. The molecule has 0 aliphatic heterocycles. The maximum atomic E-state index is 12.0. The first-order valence-electron chi connectivity index (χ1n) is 5.61. The van der Waals surface area contributed by atoms with E-state index >= 15 is 0 Å². The fraction of sp³-hybridized carbons (Fsp3) is 0.667. The summed E-state index contributed by atoms with van der Waals surface area (Å²) >= 11 is 0. The summed E-state index contributed by atoms with van der Waals surface area (Å²) in [6.45, 7) is 5.50. The van der Waals surface area contributed by atoms with Crippen molar-refractivity contribution in [3.8, 4) is 0 Å². The fourth-order valence-corrected chi connectivity index (χ4v) is 2.02. The van der Waals surface area contributed by atoms with Crippen LogP contribution in [0.15, 0.2) is 4.42 Å². The largest absolute Gasteiger partial charge is 0.466 e. The lowest BCUT2D eigenvalue weighted by Crippen LogP contribution is -2.14. The van der Waals surface area contributed by atoms with Gasteiger partial charge in [0.1, 0.15) is 11.5 Å². The van der Waals surface area contributed by atoms with E-state index in [1.807, 2.05) is 13.8 Å². The Labute approximate surface area is 99.0 Å². The smallest absolute Gasteiger partial charge is 0.389 e. The van der Waals surface area contributed by atoms with E-state index in [1.54, 1.807) is 6.92 Å². The van der Waals surface area contributed by atoms with E-state index in [1.165, 1.54) is 0 Å². The van der Waals surface area contributed by atoms with Crippen LogP contribution in [0.1, 0.15) is 48.0 Å². The van der Waals surface area contributed by atoms with Gasteiger partial charge < -0.3 is 10.2 Å². The minimum atomic E-state index is -4.10. The number of alkyl halides is 3. The molecule has 1 aromatic rings. The molecule has 0 saturated carbocycles. The Morgan fingerprint density at radius 3 is 2.18 bits per heavy atom. The van der Waals surface area contributed by atoms with Gasteiger partial charge in [-0.3, -0.25) is 0 Å². The number of rotatable bonds is 4. The molecule has 2 N–H and O–H groups in total. The molecule has 1 atom stereocenters. The number of hydrogen-bond donors (Lipinski definition) is 1. The molecule has 2 nitrogen and oxygen atoms in total. The standard InChI is InChI=1S/C12H18F3NO/c1-7-8(2)17-9(3)11(7)10(16)5-4-6-12(13,14)15/h10H,4-6,16H2,1-3H3. The molecule has 98 valence electrons. The van der Waals surface area contributed by atoms with Gasteiger partial charge in [-0.25, -0.2) is 0 Å². The molecular formula is C12H18F3NO. The summed E-state index contributed by atoms with van der Waals surface area (Å²) in [4.78, 5) is 0. The summed E-state index contributed by atoms with van der Waals surface area (Å²) in [7, 11) is 0. The van der Waals surface area contributed by atoms with Crippen LogP contribution in [0, 0.1) is 20.8 Å². The SMILES string of the molecule is Cc1oc(C)c(C(N)CCCC(F)(F)F)c1C. The average Bonchev–Trinajstić information content (AvgIpc) is 2.38. The highest BCUT2D eigenvalue weighted by Gasteiger charge is 2.27. The fourth-order valence-electron chi connectivity index (χ4n) is 2.02. The lowest BCUT2D eigenvalue weighted by Gasteiger charge is -2.13. The molecular weight excluding hydrogens is 231 g/mol. The Balaban J connectivity index is 2.61. The van der Waals surface area contributed by atoms with Crippen LogP contribution in [0.4, 0.5) is 13.2 Å². The summed E-state index contributed by atoms with van der Waals surface area (Å²) in [5.41, 5.74) is 7.71. The number of halogens is 3.